The van der Waals surface area contributed by atoms with Gasteiger partial charge < -0.3 is 11.1 Å². The van der Waals surface area contributed by atoms with Crippen LogP contribution in [0.2, 0.25) is 5.02 Å². The maximum Gasteiger partial charge on any atom is 0.0642 e. The minimum Gasteiger partial charge on any atom is -0.381 e. The predicted octanol–water partition coefficient (Wildman–Crippen LogP) is 3.11. The minimum atomic E-state index is 0.355. The molecule has 0 saturated heterocycles. The maximum atomic E-state index is 6.19. The van der Waals surface area contributed by atoms with E-state index < -0.39 is 0 Å². The molecule has 0 heterocycles. The van der Waals surface area contributed by atoms with Crippen molar-refractivity contribution in [3.63, 3.8) is 0 Å². The van der Waals surface area contributed by atoms with Crippen molar-refractivity contribution in [3.8, 4) is 0 Å². The lowest BCUT2D eigenvalue weighted by molar-refractivity contribution is 0.716. The average Bonchev–Trinajstić information content (AvgIpc) is 2.11. The van der Waals surface area contributed by atoms with Crippen LogP contribution in [0.3, 0.4) is 0 Å². The first-order valence-electron chi connectivity index (χ1n) is 5.28. The van der Waals surface area contributed by atoms with Gasteiger partial charge in [-0.05, 0) is 50.9 Å². The van der Waals surface area contributed by atoms with E-state index in [2.05, 4.69) is 25.2 Å². The Bertz CT molecular complexity index is 313. The molecule has 1 atom stereocenters. The lowest BCUT2D eigenvalue weighted by Crippen LogP contribution is -2.20. The highest BCUT2D eigenvalue weighted by molar-refractivity contribution is 6.33. The number of aryl methyl sites for hydroxylation is 2. The summed E-state index contributed by atoms with van der Waals surface area (Å²) in [5.74, 6) is 0. The van der Waals surface area contributed by atoms with Gasteiger partial charge in [-0.25, -0.2) is 0 Å². The highest BCUT2D eigenvalue weighted by atomic mass is 35.5. The van der Waals surface area contributed by atoms with Crippen LogP contribution in [-0.2, 0) is 0 Å². The Balaban J connectivity index is 2.85. The third-order valence-corrected chi connectivity index (χ3v) is 2.72. The van der Waals surface area contributed by atoms with Crippen molar-refractivity contribution in [1.29, 1.82) is 0 Å². The molecule has 0 aliphatic carbocycles. The third-order valence-electron chi connectivity index (χ3n) is 2.42. The first-order chi connectivity index (χ1) is 7.04. The smallest absolute Gasteiger partial charge is 0.0642 e. The normalized spacial score (nSPS) is 12.6. The number of anilines is 1. The van der Waals surface area contributed by atoms with E-state index in [-0.39, 0.29) is 0 Å². The zero-order chi connectivity index (χ0) is 11.4. The highest BCUT2D eigenvalue weighted by Crippen LogP contribution is 2.28. The molecule has 0 amide bonds. The zero-order valence-corrected chi connectivity index (χ0v) is 10.4. The molecule has 0 saturated carbocycles. The number of rotatable bonds is 4. The maximum absolute atomic E-state index is 6.19. The van der Waals surface area contributed by atoms with E-state index in [1.54, 1.807) is 0 Å². The molecule has 1 aromatic carbocycles. The summed E-state index contributed by atoms with van der Waals surface area (Å²) in [6.45, 7) is 6.92. The molecule has 0 spiro atoms. The molecule has 1 aromatic rings. The first-order valence-corrected chi connectivity index (χ1v) is 5.65. The van der Waals surface area contributed by atoms with Crippen molar-refractivity contribution in [1.82, 2.24) is 0 Å². The molecule has 15 heavy (non-hydrogen) atoms. The summed E-state index contributed by atoms with van der Waals surface area (Å²) in [6, 6.07) is 4.46. The quantitative estimate of drug-likeness (QED) is 0.828. The first kappa shape index (κ1) is 12.3. The van der Waals surface area contributed by atoms with Crippen LogP contribution in [0.25, 0.3) is 0 Å². The number of hydrogen-bond donors (Lipinski definition) is 2. The van der Waals surface area contributed by atoms with Gasteiger partial charge in [0.15, 0.2) is 0 Å². The number of hydrogen-bond acceptors (Lipinski definition) is 2. The Morgan fingerprint density at radius 2 is 2.07 bits per heavy atom. The standard InChI is InChI=1S/C12H19ClN2/c1-8-6-9(2)12(11(13)7-8)15-10(3)4-5-14/h6-7,10,15H,4-5,14H2,1-3H3. The summed E-state index contributed by atoms with van der Waals surface area (Å²) < 4.78 is 0. The summed E-state index contributed by atoms with van der Waals surface area (Å²) in [6.07, 6.45) is 0.948. The Hall–Kier alpha value is -0.730. The van der Waals surface area contributed by atoms with Crippen molar-refractivity contribution >= 4 is 17.3 Å². The Labute approximate surface area is 96.8 Å². The second-order valence-corrected chi connectivity index (χ2v) is 4.47. The van der Waals surface area contributed by atoms with E-state index in [4.69, 9.17) is 17.3 Å². The Kier molecular flexibility index (Phi) is 4.43. The fraction of sp³-hybridized carbons (Fsp3) is 0.500. The molecule has 1 unspecified atom stereocenters. The number of nitrogens with two attached hydrogens (primary N) is 1. The van der Waals surface area contributed by atoms with Crippen molar-refractivity contribution < 1.29 is 0 Å². The summed E-state index contributed by atoms with van der Waals surface area (Å²) in [7, 11) is 0. The van der Waals surface area contributed by atoms with Crippen molar-refractivity contribution in [2.24, 2.45) is 5.73 Å². The van der Waals surface area contributed by atoms with Gasteiger partial charge in [0.25, 0.3) is 0 Å². The third kappa shape index (κ3) is 3.40. The topological polar surface area (TPSA) is 38.0 Å². The minimum absolute atomic E-state index is 0.355. The van der Waals surface area contributed by atoms with Crippen LogP contribution in [-0.4, -0.2) is 12.6 Å². The van der Waals surface area contributed by atoms with Crippen LogP contribution in [0.4, 0.5) is 5.69 Å². The molecule has 0 radical (unpaired) electrons. The van der Waals surface area contributed by atoms with Gasteiger partial charge in [0, 0.05) is 6.04 Å². The molecule has 0 aliphatic heterocycles. The van der Waals surface area contributed by atoms with Gasteiger partial charge in [0.1, 0.15) is 0 Å². The molecule has 1 rings (SSSR count). The Morgan fingerprint density at radius 3 is 2.60 bits per heavy atom. The predicted molar refractivity (Wildman–Crippen MR) is 67.7 cm³/mol. The largest absolute Gasteiger partial charge is 0.381 e. The molecule has 0 fully saturated rings. The van der Waals surface area contributed by atoms with E-state index in [0.717, 1.165) is 17.1 Å². The van der Waals surface area contributed by atoms with Crippen LogP contribution in [0.15, 0.2) is 12.1 Å². The van der Waals surface area contributed by atoms with Gasteiger partial charge in [-0.3, -0.25) is 0 Å². The van der Waals surface area contributed by atoms with Crippen LogP contribution in [0.1, 0.15) is 24.5 Å². The van der Waals surface area contributed by atoms with Gasteiger partial charge in [0.2, 0.25) is 0 Å². The molecule has 3 heteroatoms. The van der Waals surface area contributed by atoms with Gasteiger partial charge in [-0.15, -0.1) is 0 Å². The summed E-state index contributed by atoms with van der Waals surface area (Å²) >= 11 is 6.19. The Morgan fingerprint density at radius 1 is 1.40 bits per heavy atom. The van der Waals surface area contributed by atoms with E-state index in [1.165, 1.54) is 11.1 Å². The summed E-state index contributed by atoms with van der Waals surface area (Å²) in [5.41, 5.74) is 8.91. The van der Waals surface area contributed by atoms with Crippen molar-refractivity contribution in [2.45, 2.75) is 33.2 Å². The van der Waals surface area contributed by atoms with Gasteiger partial charge in [0.05, 0.1) is 10.7 Å². The summed E-state index contributed by atoms with van der Waals surface area (Å²) in [5, 5.41) is 4.18. The fourth-order valence-corrected chi connectivity index (χ4v) is 2.04. The van der Waals surface area contributed by atoms with Crippen LogP contribution in [0, 0.1) is 13.8 Å². The van der Waals surface area contributed by atoms with E-state index >= 15 is 0 Å². The van der Waals surface area contributed by atoms with Crippen LogP contribution in [0.5, 0.6) is 0 Å². The van der Waals surface area contributed by atoms with E-state index in [0.29, 0.717) is 12.6 Å². The highest BCUT2D eigenvalue weighted by Gasteiger charge is 2.08. The summed E-state index contributed by atoms with van der Waals surface area (Å²) in [4.78, 5) is 0. The SMILES string of the molecule is Cc1cc(C)c(NC(C)CCN)c(Cl)c1. The van der Waals surface area contributed by atoms with Gasteiger partial charge >= 0.3 is 0 Å². The van der Waals surface area contributed by atoms with Crippen LogP contribution >= 0.6 is 11.6 Å². The zero-order valence-electron chi connectivity index (χ0n) is 9.60. The van der Waals surface area contributed by atoms with E-state index in [9.17, 15) is 0 Å². The van der Waals surface area contributed by atoms with E-state index in [1.807, 2.05) is 13.0 Å². The lowest BCUT2D eigenvalue weighted by Gasteiger charge is -2.18. The number of nitrogens with one attached hydrogen (secondary N) is 1. The van der Waals surface area contributed by atoms with Gasteiger partial charge in [-0.1, -0.05) is 17.7 Å². The molecule has 3 N–H and O–H groups in total. The van der Waals surface area contributed by atoms with Crippen LogP contribution < -0.4 is 11.1 Å². The fourth-order valence-electron chi connectivity index (χ4n) is 1.67. The number of benzene rings is 1. The molecule has 0 aromatic heterocycles. The number of halogens is 1. The van der Waals surface area contributed by atoms with Crippen molar-refractivity contribution in [3.05, 3.63) is 28.3 Å². The molecule has 0 bridgehead atoms. The monoisotopic (exact) mass is 226 g/mol. The molecular formula is C12H19ClN2. The molecule has 0 aliphatic rings. The van der Waals surface area contributed by atoms with Gasteiger partial charge in [-0.2, -0.15) is 0 Å². The molecular weight excluding hydrogens is 208 g/mol. The molecule has 84 valence electrons. The lowest BCUT2D eigenvalue weighted by atomic mass is 10.1. The van der Waals surface area contributed by atoms with Crippen molar-refractivity contribution in [2.75, 3.05) is 11.9 Å². The molecule has 2 nitrogen and oxygen atoms in total. The average molecular weight is 227 g/mol. The second kappa shape index (κ2) is 5.38. The second-order valence-electron chi connectivity index (χ2n) is 4.06.